The lowest BCUT2D eigenvalue weighted by atomic mass is 9.79. The average molecular weight is 256 g/mol. The van der Waals surface area contributed by atoms with E-state index in [1.165, 1.54) is 19.3 Å². The molecule has 0 heterocycles. The fraction of sp³-hybridized carbons (Fsp3) is 0.929. The number of carboxylic acid groups (broad SMARTS) is 1. The van der Waals surface area contributed by atoms with E-state index in [9.17, 15) is 9.90 Å². The molecule has 2 N–H and O–H groups in total. The van der Waals surface area contributed by atoms with E-state index in [-0.39, 0.29) is 5.92 Å². The summed E-state index contributed by atoms with van der Waals surface area (Å²) >= 11 is 0. The van der Waals surface area contributed by atoms with Gasteiger partial charge in [-0.2, -0.15) is 0 Å². The third-order valence-electron chi connectivity index (χ3n) is 4.53. The Labute approximate surface area is 108 Å². The summed E-state index contributed by atoms with van der Waals surface area (Å²) in [6.07, 6.45) is 7.34. The van der Waals surface area contributed by atoms with Crippen molar-refractivity contribution >= 4 is 5.97 Å². The average Bonchev–Trinajstić information content (AvgIpc) is 2.27. The van der Waals surface area contributed by atoms with Gasteiger partial charge in [0.1, 0.15) is 0 Å². The number of aliphatic carboxylic acids is 1. The Hall–Kier alpha value is -0.610. The zero-order valence-electron chi connectivity index (χ0n) is 10.9. The van der Waals surface area contributed by atoms with Gasteiger partial charge in [-0.15, -0.1) is 0 Å². The minimum atomic E-state index is -0.786. The maximum absolute atomic E-state index is 10.8. The molecule has 0 unspecified atom stereocenters. The predicted molar refractivity (Wildman–Crippen MR) is 67.3 cm³/mol. The fourth-order valence-corrected chi connectivity index (χ4v) is 2.84. The van der Waals surface area contributed by atoms with Crippen LogP contribution in [0.5, 0.6) is 0 Å². The molecule has 2 rings (SSSR count). The van der Waals surface area contributed by atoms with Crippen molar-refractivity contribution in [1.82, 2.24) is 0 Å². The maximum atomic E-state index is 10.8. The van der Waals surface area contributed by atoms with Gasteiger partial charge in [-0.3, -0.25) is 4.79 Å². The number of carbonyl (C=O) groups is 1. The molecule has 0 aromatic heterocycles. The molecule has 4 heteroatoms. The molecular weight excluding hydrogens is 232 g/mol. The van der Waals surface area contributed by atoms with Crippen molar-refractivity contribution in [1.29, 1.82) is 0 Å². The Balaban J connectivity index is 1.61. The van der Waals surface area contributed by atoms with E-state index >= 15 is 0 Å². The summed E-state index contributed by atoms with van der Waals surface area (Å²) in [7, 11) is 0. The fourth-order valence-electron chi connectivity index (χ4n) is 2.84. The van der Waals surface area contributed by atoms with Crippen molar-refractivity contribution in [3.05, 3.63) is 0 Å². The maximum Gasteiger partial charge on any atom is 0.306 e. The van der Waals surface area contributed by atoms with Gasteiger partial charge in [-0.05, 0) is 38.0 Å². The normalized spacial score (nSPS) is 33.1. The van der Waals surface area contributed by atoms with Gasteiger partial charge in [-0.25, -0.2) is 0 Å². The van der Waals surface area contributed by atoms with Gasteiger partial charge in [0, 0.05) is 6.61 Å². The molecule has 0 saturated heterocycles. The van der Waals surface area contributed by atoms with E-state index in [4.69, 9.17) is 9.84 Å². The topological polar surface area (TPSA) is 66.8 Å². The number of aliphatic hydroxyl groups is 1. The molecule has 0 aromatic rings. The second-order valence-corrected chi connectivity index (χ2v) is 5.98. The van der Waals surface area contributed by atoms with Crippen LogP contribution in [0.3, 0.4) is 0 Å². The van der Waals surface area contributed by atoms with Crippen LogP contribution in [-0.4, -0.2) is 35.0 Å². The van der Waals surface area contributed by atoms with Crippen LogP contribution in [-0.2, 0) is 9.53 Å². The third-order valence-corrected chi connectivity index (χ3v) is 4.53. The van der Waals surface area contributed by atoms with Crippen LogP contribution >= 0.6 is 0 Å². The molecule has 0 aromatic carbocycles. The highest BCUT2D eigenvalue weighted by Crippen LogP contribution is 2.33. The van der Waals surface area contributed by atoms with Crippen molar-refractivity contribution in [2.24, 2.45) is 11.8 Å². The molecule has 18 heavy (non-hydrogen) atoms. The summed E-state index contributed by atoms with van der Waals surface area (Å²) in [4.78, 5) is 10.8. The summed E-state index contributed by atoms with van der Waals surface area (Å²) in [6, 6.07) is 0. The highest BCUT2D eigenvalue weighted by molar-refractivity contribution is 5.70. The Morgan fingerprint density at radius 3 is 2.39 bits per heavy atom. The Bertz CT molecular complexity index is 278. The minimum absolute atomic E-state index is 0.278. The monoisotopic (exact) mass is 256 g/mol. The Morgan fingerprint density at radius 2 is 1.89 bits per heavy atom. The molecule has 4 nitrogen and oxygen atoms in total. The number of ether oxygens (including phenoxy) is 1. The Kier molecular flexibility index (Phi) is 4.62. The highest BCUT2D eigenvalue weighted by atomic mass is 16.5. The molecule has 0 aliphatic heterocycles. The highest BCUT2D eigenvalue weighted by Gasteiger charge is 2.35. The van der Waals surface area contributed by atoms with Crippen molar-refractivity contribution in [3.63, 3.8) is 0 Å². The van der Waals surface area contributed by atoms with Crippen LogP contribution in [0.15, 0.2) is 0 Å². The van der Waals surface area contributed by atoms with E-state index in [2.05, 4.69) is 0 Å². The van der Waals surface area contributed by atoms with E-state index in [0.29, 0.717) is 32.3 Å². The molecule has 0 atom stereocenters. The summed E-state index contributed by atoms with van der Waals surface area (Å²) in [5.41, 5.74) is -0.786. The Morgan fingerprint density at radius 1 is 1.22 bits per heavy atom. The zero-order chi connectivity index (χ0) is 13.0. The van der Waals surface area contributed by atoms with Crippen LogP contribution in [0.4, 0.5) is 0 Å². The van der Waals surface area contributed by atoms with Gasteiger partial charge in [0.05, 0.1) is 18.1 Å². The SMILES string of the molecule is O=C(O)C1CCC(O)(COCCC2CCC2)CC1. The van der Waals surface area contributed by atoms with Gasteiger partial charge in [0.25, 0.3) is 0 Å². The van der Waals surface area contributed by atoms with E-state index in [0.717, 1.165) is 18.9 Å². The summed E-state index contributed by atoms with van der Waals surface area (Å²) in [5, 5.41) is 19.2. The van der Waals surface area contributed by atoms with Crippen molar-refractivity contribution in [2.75, 3.05) is 13.2 Å². The van der Waals surface area contributed by atoms with Gasteiger partial charge in [-0.1, -0.05) is 19.3 Å². The molecule has 0 spiro atoms. The molecular formula is C14H24O4. The van der Waals surface area contributed by atoms with E-state index < -0.39 is 11.6 Å². The lowest BCUT2D eigenvalue weighted by Gasteiger charge is -2.34. The number of hydrogen-bond acceptors (Lipinski definition) is 3. The third kappa shape index (κ3) is 3.69. The van der Waals surface area contributed by atoms with Crippen molar-refractivity contribution < 1.29 is 19.7 Å². The quantitative estimate of drug-likeness (QED) is 0.715. The molecule has 0 bridgehead atoms. The molecule has 2 aliphatic rings. The first-order valence-corrected chi connectivity index (χ1v) is 7.12. The smallest absolute Gasteiger partial charge is 0.306 e. The predicted octanol–water partition coefficient (Wildman–Crippen LogP) is 2.20. The van der Waals surface area contributed by atoms with Crippen molar-refractivity contribution in [2.45, 2.75) is 57.0 Å². The second-order valence-electron chi connectivity index (χ2n) is 5.98. The second kappa shape index (κ2) is 6.02. The lowest BCUT2D eigenvalue weighted by molar-refractivity contribution is -0.146. The van der Waals surface area contributed by atoms with Crippen LogP contribution in [0.25, 0.3) is 0 Å². The van der Waals surface area contributed by atoms with E-state index in [1.807, 2.05) is 0 Å². The van der Waals surface area contributed by atoms with Crippen LogP contribution in [0, 0.1) is 11.8 Å². The lowest BCUT2D eigenvalue weighted by Crippen LogP contribution is -2.40. The van der Waals surface area contributed by atoms with E-state index in [1.54, 1.807) is 0 Å². The number of hydrogen-bond donors (Lipinski definition) is 2. The van der Waals surface area contributed by atoms with Crippen molar-refractivity contribution in [3.8, 4) is 0 Å². The largest absolute Gasteiger partial charge is 0.481 e. The molecule has 2 aliphatic carbocycles. The first kappa shape index (κ1) is 13.8. The molecule has 2 fully saturated rings. The first-order valence-electron chi connectivity index (χ1n) is 7.12. The first-order chi connectivity index (χ1) is 8.59. The van der Waals surface area contributed by atoms with Crippen LogP contribution in [0.2, 0.25) is 0 Å². The number of rotatable bonds is 6. The molecule has 104 valence electrons. The summed E-state index contributed by atoms with van der Waals surface area (Å²) in [6.45, 7) is 1.10. The summed E-state index contributed by atoms with van der Waals surface area (Å²) < 4.78 is 5.58. The summed E-state index contributed by atoms with van der Waals surface area (Å²) in [5.74, 6) is -0.175. The van der Waals surface area contributed by atoms with Gasteiger partial charge < -0.3 is 14.9 Å². The van der Waals surface area contributed by atoms with Gasteiger partial charge in [0.2, 0.25) is 0 Å². The molecule has 0 radical (unpaired) electrons. The van der Waals surface area contributed by atoms with Crippen LogP contribution in [0.1, 0.15) is 51.4 Å². The minimum Gasteiger partial charge on any atom is -0.481 e. The molecule has 2 saturated carbocycles. The number of carboxylic acids is 1. The van der Waals surface area contributed by atoms with Gasteiger partial charge in [0.15, 0.2) is 0 Å². The zero-order valence-corrected chi connectivity index (χ0v) is 10.9. The standard InChI is InChI=1S/C14H24O4/c15-13(16)12-4-7-14(17,8-5-12)10-18-9-6-11-2-1-3-11/h11-12,17H,1-10H2,(H,15,16). The molecule has 0 amide bonds. The van der Waals surface area contributed by atoms with Crippen LogP contribution < -0.4 is 0 Å². The van der Waals surface area contributed by atoms with Gasteiger partial charge >= 0.3 is 5.97 Å².